The molecule has 0 bridgehead atoms. The lowest BCUT2D eigenvalue weighted by atomic mass is 10.1. The van der Waals surface area contributed by atoms with E-state index in [-0.39, 0.29) is 12.0 Å². The third-order valence-corrected chi connectivity index (χ3v) is 1.76. The van der Waals surface area contributed by atoms with Crippen LogP contribution < -0.4 is 17.2 Å². The van der Waals surface area contributed by atoms with Crippen molar-refractivity contribution in [2.24, 2.45) is 16.5 Å². The minimum Gasteiger partial charge on any atom is -0.399 e. The smallest absolute Gasteiger partial charge is 0.186 e. The maximum Gasteiger partial charge on any atom is 0.186 e. The minimum atomic E-state index is -0.0226. The fourth-order valence-electron chi connectivity index (χ4n) is 1.07. The summed E-state index contributed by atoms with van der Waals surface area (Å²) in [6, 6.07) is 7.45. The zero-order valence-corrected chi connectivity index (χ0v) is 7.57. The van der Waals surface area contributed by atoms with Gasteiger partial charge in [-0.2, -0.15) is 0 Å². The quantitative estimate of drug-likeness (QED) is 0.352. The van der Waals surface area contributed by atoms with E-state index in [0.29, 0.717) is 0 Å². The summed E-state index contributed by atoms with van der Waals surface area (Å²) >= 11 is 0. The third kappa shape index (κ3) is 2.66. The van der Waals surface area contributed by atoms with Gasteiger partial charge in [-0.3, -0.25) is 0 Å². The van der Waals surface area contributed by atoms with Gasteiger partial charge in [-0.25, -0.2) is 4.99 Å². The van der Waals surface area contributed by atoms with E-state index >= 15 is 0 Å². The van der Waals surface area contributed by atoms with Gasteiger partial charge in [0.2, 0.25) is 0 Å². The van der Waals surface area contributed by atoms with Crippen molar-refractivity contribution in [3.05, 3.63) is 29.8 Å². The summed E-state index contributed by atoms with van der Waals surface area (Å²) in [6.45, 7) is 1.92. The van der Waals surface area contributed by atoms with E-state index in [4.69, 9.17) is 17.2 Å². The zero-order valence-electron chi connectivity index (χ0n) is 7.57. The molecule has 1 unspecified atom stereocenters. The van der Waals surface area contributed by atoms with Crippen molar-refractivity contribution in [1.29, 1.82) is 0 Å². The van der Waals surface area contributed by atoms with Crippen LogP contribution in [0.4, 0.5) is 5.69 Å². The van der Waals surface area contributed by atoms with Gasteiger partial charge >= 0.3 is 0 Å². The molecule has 1 aromatic carbocycles. The Morgan fingerprint density at radius 2 is 1.77 bits per heavy atom. The van der Waals surface area contributed by atoms with E-state index in [1.165, 1.54) is 0 Å². The number of aliphatic imine (C=N–C) groups is 1. The number of nitrogens with zero attached hydrogens (tertiary/aromatic N) is 1. The van der Waals surface area contributed by atoms with Gasteiger partial charge in [0.15, 0.2) is 5.96 Å². The van der Waals surface area contributed by atoms with Crippen LogP contribution in [0.15, 0.2) is 29.3 Å². The predicted molar refractivity (Wildman–Crippen MR) is 55.1 cm³/mol. The monoisotopic (exact) mass is 178 g/mol. The molecule has 4 heteroatoms. The molecular weight excluding hydrogens is 164 g/mol. The first kappa shape index (κ1) is 9.38. The van der Waals surface area contributed by atoms with Crippen LogP contribution in [-0.2, 0) is 0 Å². The van der Waals surface area contributed by atoms with Crippen LogP contribution in [0.2, 0.25) is 0 Å². The summed E-state index contributed by atoms with van der Waals surface area (Å²) in [4.78, 5) is 4.01. The van der Waals surface area contributed by atoms with E-state index in [0.717, 1.165) is 11.3 Å². The van der Waals surface area contributed by atoms with E-state index in [9.17, 15) is 0 Å². The normalized spacial score (nSPS) is 12.1. The molecule has 0 aromatic heterocycles. The highest BCUT2D eigenvalue weighted by Crippen LogP contribution is 2.17. The summed E-state index contributed by atoms with van der Waals surface area (Å²) in [5, 5.41) is 0. The van der Waals surface area contributed by atoms with Gasteiger partial charge in [-0.15, -0.1) is 0 Å². The van der Waals surface area contributed by atoms with Crippen LogP contribution in [0, 0.1) is 0 Å². The number of anilines is 1. The first-order valence-corrected chi connectivity index (χ1v) is 4.04. The molecular formula is C9H14N4. The van der Waals surface area contributed by atoms with Crippen LogP contribution >= 0.6 is 0 Å². The number of nitrogen functional groups attached to an aromatic ring is 1. The molecule has 0 saturated carbocycles. The first-order chi connectivity index (χ1) is 6.09. The van der Waals surface area contributed by atoms with Crippen LogP contribution in [0.1, 0.15) is 18.5 Å². The maximum absolute atomic E-state index is 5.54. The standard InChI is InChI=1S/C9H14N4/c1-6(13-9(11)12)7-2-4-8(10)5-3-7/h2-6H,10H2,1H3,(H4,11,12,13). The molecule has 70 valence electrons. The summed E-state index contributed by atoms with van der Waals surface area (Å²) in [5.74, 6) is 0.101. The lowest BCUT2D eigenvalue weighted by molar-refractivity contribution is 0.816. The highest BCUT2D eigenvalue weighted by atomic mass is 15.0. The molecule has 0 amide bonds. The van der Waals surface area contributed by atoms with E-state index < -0.39 is 0 Å². The molecule has 1 rings (SSSR count). The van der Waals surface area contributed by atoms with Crippen LogP contribution in [0.25, 0.3) is 0 Å². The molecule has 0 radical (unpaired) electrons. The van der Waals surface area contributed by atoms with Gasteiger partial charge in [0.05, 0.1) is 6.04 Å². The van der Waals surface area contributed by atoms with E-state index in [2.05, 4.69) is 4.99 Å². The molecule has 6 N–H and O–H groups in total. The van der Waals surface area contributed by atoms with Gasteiger partial charge in [-0.05, 0) is 24.6 Å². The van der Waals surface area contributed by atoms with Gasteiger partial charge in [0.1, 0.15) is 0 Å². The van der Waals surface area contributed by atoms with Crippen LogP contribution in [0.5, 0.6) is 0 Å². The average Bonchev–Trinajstić information content (AvgIpc) is 2.04. The van der Waals surface area contributed by atoms with Crippen molar-refractivity contribution in [3.8, 4) is 0 Å². The molecule has 0 saturated heterocycles. The second-order valence-corrected chi connectivity index (χ2v) is 2.90. The topological polar surface area (TPSA) is 90.4 Å². The molecule has 0 heterocycles. The molecule has 0 aliphatic heterocycles. The number of hydrogen-bond donors (Lipinski definition) is 3. The highest BCUT2D eigenvalue weighted by Gasteiger charge is 2.02. The SMILES string of the molecule is CC(N=C(N)N)c1ccc(N)cc1. The van der Waals surface area contributed by atoms with Gasteiger partial charge in [0, 0.05) is 5.69 Å². The Kier molecular flexibility index (Phi) is 2.74. The van der Waals surface area contributed by atoms with Crippen molar-refractivity contribution < 1.29 is 0 Å². The molecule has 1 atom stereocenters. The minimum absolute atomic E-state index is 0.0226. The average molecular weight is 178 g/mol. The van der Waals surface area contributed by atoms with Crippen molar-refractivity contribution in [3.63, 3.8) is 0 Å². The molecule has 4 nitrogen and oxygen atoms in total. The van der Waals surface area contributed by atoms with E-state index in [1.54, 1.807) is 0 Å². The number of hydrogen-bond acceptors (Lipinski definition) is 2. The number of benzene rings is 1. The Morgan fingerprint density at radius 3 is 2.23 bits per heavy atom. The van der Waals surface area contributed by atoms with Crippen molar-refractivity contribution in [1.82, 2.24) is 0 Å². The summed E-state index contributed by atoms with van der Waals surface area (Å²) in [5.41, 5.74) is 17.9. The second-order valence-electron chi connectivity index (χ2n) is 2.90. The lowest BCUT2D eigenvalue weighted by Crippen LogP contribution is -2.23. The fourth-order valence-corrected chi connectivity index (χ4v) is 1.07. The second kappa shape index (κ2) is 3.80. The molecule has 0 aliphatic rings. The third-order valence-electron chi connectivity index (χ3n) is 1.76. The fraction of sp³-hybridized carbons (Fsp3) is 0.222. The first-order valence-electron chi connectivity index (χ1n) is 4.04. The number of guanidine groups is 1. The van der Waals surface area contributed by atoms with Crippen molar-refractivity contribution >= 4 is 11.6 Å². The Morgan fingerprint density at radius 1 is 1.23 bits per heavy atom. The maximum atomic E-state index is 5.54. The van der Waals surface area contributed by atoms with Crippen molar-refractivity contribution in [2.45, 2.75) is 13.0 Å². The highest BCUT2D eigenvalue weighted by molar-refractivity contribution is 5.76. The number of rotatable bonds is 2. The lowest BCUT2D eigenvalue weighted by Gasteiger charge is -2.06. The molecule has 0 spiro atoms. The molecule has 0 fully saturated rings. The number of nitrogens with two attached hydrogens (primary N) is 3. The Bertz CT molecular complexity index is 298. The molecule has 13 heavy (non-hydrogen) atoms. The summed E-state index contributed by atoms with van der Waals surface area (Å²) in [6.07, 6.45) is 0. The predicted octanol–water partition coefficient (Wildman–Crippen LogP) is 0.603. The van der Waals surface area contributed by atoms with E-state index in [1.807, 2.05) is 31.2 Å². The Hall–Kier alpha value is -1.71. The Labute approximate surface area is 77.4 Å². The van der Waals surface area contributed by atoms with Gasteiger partial charge in [-0.1, -0.05) is 12.1 Å². The Balaban J connectivity index is 2.83. The van der Waals surface area contributed by atoms with Gasteiger partial charge < -0.3 is 17.2 Å². The largest absolute Gasteiger partial charge is 0.399 e. The summed E-state index contributed by atoms with van der Waals surface area (Å²) in [7, 11) is 0. The summed E-state index contributed by atoms with van der Waals surface area (Å²) < 4.78 is 0. The molecule has 1 aromatic rings. The zero-order chi connectivity index (χ0) is 9.84. The van der Waals surface area contributed by atoms with Crippen LogP contribution in [-0.4, -0.2) is 5.96 Å². The van der Waals surface area contributed by atoms with Crippen molar-refractivity contribution in [2.75, 3.05) is 5.73 Å². The van der Waals surface area contributed by atoms with Crippen LogP contribution in [0.3, 0.4) is 0 Å². The molecule has 0 aliphatic carbocycles. The van der Waals surface area contributed by atoms with Gasteiger partial charge in [0.25, 0.3) is 0 Å².